The highest BCUT2D eigenvalue weighted by molar-refractivity contribution is 6.31. The van der Waals surface area contributed by atoms with Crippen molar-refractivity contribution in [3.05, 3.63) is 87.5 Å². The summed E-state index contributed by atoms with van der Waals surface area (Å²) in [5.74, 6) is 0.764. The highest BCUT2D eigenvalue weighted by atomic mass is 35.5. The fourth-order valence-electron chi connectivity index (χ4n) is 4.15. The molecule has 0 bridgehead atoms. The minimum absolute atomic E-state index is 0.00412. The lowest BCUT2D eigenvalue weighted by Crippen LogP contribution is -2.33. The van der Waals surface area contributed by atoms with Crippen LogP contribution in [0.25, 0.3) is 0 Å². The van der Waals surface area contributed by atoms with Crippen LogP contribution in [0.3, 0.4) is 0 Å². The molecule has 2 N–H and O–H groups in total. The molecule has 0 aromatic heterocycles. The summed E-state index contributed by atoms with van der Waals surface area (Å²) in [4.78, 5) is 13.0. The van der Waals surface area contributed by atoms with E-state index < -0.39 is 5.92 Å². The van der Waals surface area contributed by atoms with E-state index in [1.165, 1.54) is 0 Å². The standard InChI is InChI=1S/C25H23ClN2O3/c1-25(2)11-20(29)23-21(12-25)31-24(28)18(13-27)22(23)15-7-9-17(10-8-15)30-14-16-5-3-4-6-19(16)26/h3-10,22H,11-12,14,28H2,1-2H3. The van der Waals surface area contributed by atoms with Gasteiger partial charge in [0.15, 0.2) is 5.78 Å². The van der Waals surface area contributed by atoms with Crippen molar-refractivity contribution in [3.63, 3.8) is 0 Å². The molecule has 1 aliphatic heterocycles. The molecule has 2 aliphatic rings. The number of Topliss-reactive ketones (excluding diaryl/α,β-unsaturated/α-hetero) is 1. The summed E-state index contributed by atoms with van der Waals surface area (Å²) in [6.07, 6.45) is 1.01. The summed E-state index contributed by atoms with van der Waals surface area (Å²) >= 11 is 6.19. The average molecular weight is 435 g/mol. The van der Waals surface area contributed by atoms with Crippen LogP contribution in [0.5, 0.6) is 5.75 Å². The van der Waals surface area contributed by atoms with E-state index in [1.54, 1.807) is 0 Å². The fourth-order valence-corrected chi connectivity index (χ4v) is 4.34. The van der Waals surface area contributed by atoms with E-state index in [4.69, 9.17) is 26.8 Å². The van der Waals surface area contributed by atoms with E-state index in [9.17, 15) is 10.1 Å². The predicted octanol–water partition coefficient (Wildman–Crippen LogP) is 5.37. The van der Waals surface area contributed by atoms with Gasteiger partial charge in [-0.1, -0.05) is 55.8 Å². The Labute approximate surface area is 186 Å². The van der Waals surface area contributed by atoms with Crippen LogP contribution in [-0.4, -0.2) is 5.78 Å². The van der Waals surface area contributed by atoms with Gasteiger partial charge in [-0.2, -0.15) is 5.26 Å². The van der Waals surface area contributed by atoms with Crippen molar-refractivity contribution >= 4 is 17.4 Å². The van der Waals surface area contributed by atoms with Gasteiger partial charge >= 0.3 is 0 Å². The molecule has 0 spiro atoms. The van der Waals surface area contributed by atoms with E-state index in [0.29, 0.717) is 41.6 Å². The number of hydrogen-bond donors (Lipinski definition) is 1. The molecule has 0 saturated carbocycles. The number of nitrogens with zero attached hydrogens (tertiary/aromatic N) is 1. The molecule has 1 heterocycles. The van der Waals surface area contributed by atoms with Crippen molar-refractivity contribution in [3.8, 4) is 11.8 Å². The molecule has 4 rings (SSSR count). The Morgan fingerprint density at radius 1 is 1.19 bits per heavy atom. The highest BCUT2D eigenvalue weighted by Crippen LogP contribution is 2.47. The number of rotatable bonds is 4. The number of ether oxygens (including phenoxy) is 2. The molecule has 0 fully saturated rings. The van der Waals surface area contributed by atoms with Gasteiger partial charge in [-0.15, -0.1) is 0 Å². The smallest absolute Gasteiger partial charge is 0.205 e. The molecule has 1 unspecified atom stereocenters. The van der Waals surface area contributed by atoms with Crippen LogP contribution in [0.4, 0.5) is 0 Å². The maximum absolute atomic E-state index is 13.0. The number of ketones is 1. The second-order valence-electron chi connectivity index (χ2n) is 8.65. The Morgan fingerprint density at radius 2 is 1.90 bits per heavy atom. The van der Waals surface area contributed by atoms with Gasteiger partial charge in [-0.05, 0) is 29.2 Å². The van der Waals surface area contributed by atoms with Crippen molar-refractivity contribution in [2.75, 3.05) is 0 Å². The summed E-state index contributed by atoms with van der Waals surface area (Å²) in [6, 6.07) is 17.0. The van der Waals surface area contributed by atoms with Gasteiger partial charge in [0.2, 0.25) is 5.88 Å². The number of carbonyl (C=O) groups is 1. The second kappa shape index (κ2) is 8.13. The van der Waals surface area contributed by atoms with Crippen LogP contribution >= 0.6 is 11.6 Å². The Balaban J connectivity index is 1.63. The van der Waals surface area contributed by atoms with Gasteiger partial charge < -0.3 is 15.2 Å². The number of nitrogens with two attached hydrogens (primary N) is 1. The molecule has 1 atom stereocenters. The van der Waals surface area contributed by atoms with Crippen molar-refractivity contribution in [1.29, 1.82) is 5.26 Å². The monoisotopic (exact) mass is 434 g/mol. The molecule has 1 aliphatic carbocycles. The summed E-state index contributed by atoms with van der Waals surface area (Å²) in [5, 5.41) is 10.4. The number of halogens is 1. The first-order valence-corrected chi connectivity index (χ1v) is 10.5. The third-order valence-electron chi connectivity index (χ3n) is 5.64. The maximum atomic E-state index is 13.0. The van der Waals surface area contributed by atoms with Gasteiger partial charge in [0, 0.05) is 29.0 Å². The van der Waals surface area contributed by atoms with Crippen molar-refractivity contribution < 1.29 is 14.3 Å². The lowest BCUT2D eigenvalue weighted by atomic mass is 9.70. The average Bonchev–Trinajstić information content (AvgIpc) is 2.71. The van der Waals surface area contributed by atoms with Crippen LogP contribution in [-0.2, 0) is 16.1 Å². The summed E-state index contributed by atoms with van der Waals surface area (Å²) in [6.45, 7) is 4.39. The second-order valence-corrected chi connectivity index (χ2v) is 9.06. The van der Waals surface area contributed by atoms with Gasteiger partial charge in [0.25, 0.3) is 0 Å². The zero-order valence-electron chi connectivity index (χ0n) is 17.4. The van der Waals surface area contributed by atoms with Crippen LogP contribution < -0.4 is 10.5 Å². The molecular weight excluding hydrogens is 412 g/mol. The summed E-state index contributed by atoms with van der Waals surface area (Å²) < 4.78 is 11.6. The van der Waals surface area contributed by atoms with Crippen molar-refractivity contribution in [2.45, 2.75) is 39.2 Å². The molecule has 2 aromatic rings. The fraction of sp³-hybridized carbons (Fsp3) is 0.280. The minimum atomic E-state index is -0.532. The predicted molar refractivity (Wildman–Crippen MR) is 118 cm³/mol. The minimum Gasteiger partial charge on any atom is -0.489 e. The molecule has 5 nitrogen and oxygen atoms in total. The Hall–Kier alpha value is -3.23. The molecule has 31 heavy (non-hydrogen) atoms. The number of benzene rings is 2. The highest BCUT2D eigenvalue weighted by Gasteiger charge is 2.42. The van der Waals surface area contributed by atoms with Gasteiger partial charge in [-0.25, -0.2) is 0 Å². The van der Waals surface area contributed by atoms with Crippen molar-refractivity contribution in [1.82, 2.24) is 0 Å². The number of hydrogen-bond acceptors (Lipinski definition) is 5. The van der Waals surface area contributed by atoms with E-state index in [-0.39, 0.29) is 22.7 Å². The zero-order chi connectivity index (χ0) is 22.2. The van der Waals surface area contributed by atoms with Gasteiger partial charge in [0.1, 0.15) is 29.8 Å². The molecule has 6 heteroatoms. The first kappa shape index (κ1) is 21.0. The third-order valence-corrected chi connectivity index (χ3v) is 6.01. The zero-order valence-corrected chi connectivity index (χ0v) is 18.2. The van der Waals surface area contributed by atoms with Gasteiger partial charge in [-0.3, -0.25) is 4.79 Å². The van der Waals surface area contributed by atoms with Crippen molar-refractivity contribution in [2.24, 2.45) is 11.1 Å². The molecule has 0 amide bonds. The van der Waals surface area contributed by atoms with E-state index in [1.807, 2.05) is 62.4 Å². The SMILES string of the molecule is CC1(C)CC(=O)C2=C(C1)OC(N)=C(C#N)C2c1ccc(OCc2ccccc2Cl)cc1. The molecule has 158 valence electrons. The van der Waals surface area contributed by atoms with Crippen LogP contribution in [0.1, 0.15) is 43.7 Å². The third kappa shape index (κ3) is 4.17. The van der Waals surface area contributed by atoms with Gasteiger partial charge in [0.05, 0.1) is 5.92 Å². The van der Waals surface area contributed by atoms with E-state index in [0.717, 1.165) is 11.1 Å². The lowest BCUT2D eigenvalue weighted by molar-refractivity contribution is -0.119. The van der Waals surface area contributed by atoms with E-state index >= 15 is 0 Å². The normalized spacial score (nSPS) is 20.1. The summed E-state index contributed by atoms with van der Waals surface area (Å²) in [5.41, 5.74) is 8.35. The number of carbonyl (C=O) groups excluding carboxylic acids is 1. The first-order valence-electron chi connectivity index (χ1n) is 10.1. The summed E-state index contributed by atoms with van der Waals surface area (Å²) in [7, 11) is 0. The Bertz CT molecular complexity index is 1140. The van der Waals surface area contributed by atoms with Crippen LogP contribution in [0.2, 0.25) is 5.02 Å². The largest absolute Gasteiger partial charge is 0.489 e. The Morgan fingerprint density at radius 3 is 2.58 bits per heavy atom. The van der Waals surface area contributed by atoms with Crippen LogP contribution in [0.15, 0.2) is 71.3 Å². The number of nitriles is 1. The van der Waals surface area contributed by atoms with E-state index in [2.05, 4.69) is 6.07 Å². The Kier molecular flexibility index (Phi) is 5.51. The molecule has 0 saturated heterocycles. The topological polar surface area (TPSA) is 85.3 Å². The first-order chi connectivity index (χ1) is 14.8. The number of allylic oxidation sites excluding steroid dienone is 3. The maximum Gasteiger partial charge on any atom is 0.205 e. The van der Waals surface area contributed by atoms with Crippen LogP contribution in [0, 0.1) is 16.7 Å². The molecule has 0 radical (unpaired) electrons. The lowest BCUT2D eigenvalue weighted by Gasteiger charge is -2.37. The molecule has 2 aromatic carbocycles. The quantitative estimate of drug-likeness (QED) is 0.699. The molecular formula is C25H23ClN2O3.